The van der Waals surface area contributed by atoms with Gasteiger partial charge in [0.2, 0.25) is 0 Å². The topological polar surface area (TPSA) is 45.6 Å². The van der Waals surface area contributed by atoms with Gasteiger partial charge in [-0.15, -0.1) is 0 Å². The molecule has 2 aliphatic rings. The Morgan fingerprint density at radius 2 is 1.89 bits per heavy atom. The first-order valence-corrected chi connectivity index (χ1v) is 13.0. The Balaban J connectivity index is 1.55. The maximum Gasteiger partial charge on any atom is 0.170 e. The zero-order chi connectivity index (χ0) is 24.5. The van der Waals surface area contributed by atoms with E-state index in [1.54, 1.807) is 0 Å². The van der Waals surface area contributed by atoms with E-state index in [0.717, 1.165) is 66.5 Å². The number of aryl methyl sites for hydroxylation is 1. The lowest BCUT2D eigenvalue weighted by molar-refractivity contribution is 0.0350. The van der Waals surface area contributed by atoms with Crippen molar-refractivity contribution in [2.45, 2.75) is 32.9 Å². The maximum atomic E-state index is 6.49. The van der Waals surface area contributed by atoms with Gasteiger partial charge in [0.25, 0.3) is 0 Å². The Hall–Kier alpha value is -2.45. The van der Waals surface area contributed by atoms with Crippen molar-refractivity contribution in [3.8, 4) is 5.69 Å². The van der Waals surface area contributed by atoms with Crippen LogP contribution in [0.25, 0.3) is 5.69 Å². The molecule has 1 aromatic carbocycles. The molecule has 0 radical (unpaired) electrons. The van der Waals surface area contributed by atoms with Gasteiger partial charge in [-0.3, -0.25) is 9.88 Å². The molecule has 5 rings (SSSR count). The zero-order valence-electron chi connectivity index (χ0n) is 20.5. The lowest BCUT2D eigenvalue weighted by Crippen LogP contribution is -2.42. The number of ether oxygens (including phenoxy) is 1. The smallest absolute Gasteiger partial charge is 0.170 e. The molecule has 2 fully saturated rings. The van der Waals surface area contributed by atoms with Gasteiger partial charge in [0.15, 0.2) is 5.11 Å². The zero-order valence-corrected chi connectivity index (χ0v) is 22.1. The van der Waals surface area contributed by atoms with E-state index < -0.39 is 0 Å². The number of rotatable bonds is 6. The number of pyridine rings is 1. The summed E-state index contributed by atoms with van der Waals surface area (Å²) in [5.41, 5.74) is 6.81. The number of morpholine rings is 1. The number of nitrogens with one attached hydrogen (secondary N) is 1. The number of hydrogen-bond donors (Lipinski definition) is 1. The molecular weight excluding hydrogens is 478 g/mol. The second-order valence-corrected chi connectivity index (χ2v) is 10.1. The number of benzene rings is 1. The first-order chi connectivity index (χ1) is 17.0. The molecule has 2 saturated heterocycles. The summed E-state index contributed by atoms with van der Waals surface area (Å²) in [5.74, 6) is 0. The predicted molar refractivity (Wildman–Crippen MR) is 144 cm³/mol. The van der Waals surface area contributed by atoms with Crippen LogP contribution in [0.15, 0.2) is 48.7 Å². The minimum Gasteiger partial charge on any atom is -0.379 e. The summed E-state index contributed by atoms with van der Waals surface area (Å²) < 4.78 is 7.85. The molecule has 0 spiro atoms. The van der Waals surface area contributed by atoms with E-state index in [1.165, 1.54) is 17.0 Å². The Morgan fingerprint density at radius 3 is 2.63 bits per heavy atom. The fraction of sp³-hybridized carbons (Fsp3) is 0.407. The highest BCUT2D eigenvalue weighted by atomic mass is 35.5. The number of aromatic nitrogens is 2. The highest BCUT2D eigenvalue weighted by Crippen LogP contribution is 2.41. The molecule has 6 nitrogen and oxygen atoms in total. The number of hydrogen-bond acceptors (Lipinski definition) is 4. The molecule has 2 aliphatic heterocycles. The first-order valence-electron chi connectivity index (χ1n) is 12.2. The van der Waals surface area contributed by atoms with Crippen LogP contribution in [-0.2, 0) is 4.74 Å². The molecule has 0 aliphatic carbocycles. The lowest BCUT2D eigenvalue weighted by Gasteiger charge is -2.32. The highest BCUT2D eigenvalue weighted by Gasteiger charge is 2.41. The molecule has 4 heterocycles. The van der Waals surface area contributed by atoms with Crippen LogP contribution < -0.4 is 5.32 Å². The summed E-state index contributed by atoms with van der Waals surface area (Å²) in [6.45, 7) is 11.7. The van der Waals surface area contributed by atoms with E-state index in [2.05, 4.69) is 58.7 Å². The summed E-state index contributed by atoms with van der Waals surface area (Å²) in [6, 6.07) is 14.5. The van der Waals surface area contributed by atoms with Crippen molar-refractivity contribution < 1.29 is 4.74 Å². The molecule has 0 saturated carbocycles. The van der Waals surface area contributed by atoms with Crippen LogP contribution in [0.1, 0.15) is 40.3 Å². The van der Waals surface area contributed by atoms with Crippen molar-refractivity contribution in [2.75, 3.05) is 39.4 Å². The number of halogens is 1. The number of nitrogens with zero attached hydrogens (tertiary/aromatic N) is 4. The second-order valence-electron chi connectivity index (χ2n) is 9.32. The molecule has 0 amide bonds. The minimum atomic E-state index is -0.0252. The molecule has 3 aromatic rings. The monoisotopic (exact) mass is 509 g/mol. The van der Waals surface area contributed by atoms with Crippen LogP contribution in [0.5, 0.6) is 0 Å². The van der Waals surface area contributed by atoms with Gasteiger partial charge in [-0.2, -0.15) is 0 Å². The number of thiocarbonyl (C=S) groups is 1. The minimum absolute atomic E-state index is 0.0252. The van der Waals surface area contributed by atoms with Crippen molar-refractivity contribution in [2.24, 2.45) is 0 Å². The van der Waals surface area contributed by atoms with Gasteiger partial charge in [0.1, 0.15) is 0 Å². The molecule has 2 aromatic heterocycles. The Bertz CT molecular complexity index is 1210. The highest BCUT2D eigenvalue weighted by molar-refractivity contribution is 7.80. The summed E-state index contributed by atoms with van der Waals surface area (Å²) >= 11 is 12.4. The third-order valence-corrected chi connectivity index (χ3v) is 7.99. The Labute approximate surface area is 217 Å². The van der Waals surface area contributed by atoms with E-state index in [1.807, 2.05) is 30.5 Å². The SMILES string of the molecule is Cc1c(Cl)cccc1-n1c(C)cc([C@H]2[C@@H](c3ccccn3)NC(=S)N2CCN2CCOCC2)c1C. The van der Waals surface area contributed by atoms with Crippen molar-refractivity contribution >= 4 is 28.9 Å². The van der Waals surface area contributed by atoms with Crippen molar-refractivity contribution in [1.82, 2.24) is 24.7 Å². The van der Waals surface area contributed by atoms with Crippen LogP contribution in [0.2, 0.25) is 5.02 Å². The van der Waals surface area contributed by atoms with Crippen molar-refractivity contribution in [1.29, 1.82) is 0 Å². The normalized spacial score (nSPS) is 20.9. The van der Waals surface area contributed by atoms with Crippen LogP contribution >= 0.6 is 23.8 Å². The molecule has 1 N–H and O–H groups in total. The molecule has 35 heavy (non-hydrogen) atoms. The van der Waals surface area contributed by atoms with Crippen molar-refractivity contribution in [3.63, 3.8) is 0 Å². The van der Waals surface area contributed by atoms with Gasteiger partial charge in [0, 0.05) is 54.5 Å². The summed E-state index contributed by atoms with van der Waals surface area (Å²) in [6.07, 6.45) is 1.85. The lowest BCUT2D eigenvalue weighted by atomic mass is 9.96. The van der Waals surface area contributed by atoms with E-state index in [9.17, 15) is 0 Å². The van der Waals surface area contributed by atoms with Gasteiger partial charge in [-0.05, 0) is 74.4 Å². The molecule has 0 bridgehead atoms. The van der Waals surface area contributed by atoms with Crippen LogP contribution in [-0.4, -0.2) is 63.9 Å². The Kier molecular flexibility index (Phi) is 7.12. The van der Waals surface area contributed by atoms with E-state index >= 15 is 0 Å². The predicted octanol–water partition coefficient (Wildman–Crippen LogP) is 4.76. The summed E-state index contributed by atoms with van der Waals surface area (Å²) in [7, 11) is 0. The quantitative estimate of drug-likeness (QED) is 0.484. The van der Waals surface area contributed by atoms with Gasteiger partial charge in [0.05, 0.1) is 31.0 Å². The molecule has 2 atom stereocenters. The van der Waals surface area contributed by atoms with Crippen LogP contribution in [0, 0.1) is 20.8 Å². The molecule has 184 valence electrons. The van der Waals surface area contributed by atoms with Gasteiger partial charge < -0.3 is 19.5 Å². The van der Waals surface area contributed by atoms with Crippen molar-refractivity contribution in [3.05, 3.63) is 81.9 Å². The largest absolute Gasteiger partial charge is 0.379 e. The van der Waals surface area contributed by atoms with E-state index in [4.69, 9.17) is 33.5 Å². The first kappa shape index (κ1) is 24.3. The standard InChI is InChI=1S/C27H32ClN5OS/c1-18-17-21(20(3)33(18)24-9-6-7-22(28)19(24)2)26-25(23-8-4-5-10-29-23)30-27(35)32(26)12-11-31-13-15-34-16-14-31/h4-10,17,25-26H,11-16H2,1-3H3,(H,30,35)/t25-,26+/m1/s1. The fourth-order valence-electron chi connectivity index (χ4n) is 5.35. The van der Waals surface area contributed by atoms with E-state index in [0.29, 0.717) is 0 Å². The van der Waals surface area contributed by atoms with Gasteiger partial charge in [-0.25, -0.2) is 0 Å². The van der Waals surface area contributed by atoms with Crippen LogP contribution in [0.4, 0.5) is 0 Å². The molecular formula is C27H32ClN5OS. The van der Waals surface area contributed by atoms with Gasteiger partial charge in [-0.1, -0.05) is 23.7 Å². The van der Waals surface area contributed by atoms with Gasteiger partial charge >= 0.3 is 0 Å². The third kappa shape index (κ3) is 4.70. The van der Waals surface area contributed by atoms with Crippen LogP contribution in [0.3, 0.4) is 0 Å². The average molecular weight is 510 g/mol. The maximum absolute atomic E-state index is 6.49. The fourth-order valence-corrected chi connectivity index (χ4v) is 5.86. The molecule has 8 heteroatoms. The van der Waals surface area contributed by atoms with E-state index in [-0.39, 0.29) is 12.1 Å². The Morgan fingerprint density at radius 1 is 1.09 bits per heavy atom. The average Bonchev–Trinajstić information content (AvgIpc) is 3.35. The summed E-state index contributed by atoms with van der Waals surface area (Å²) in [4.78, 5) is 9.50. The second kappa shape index (κ2) is 10.3. The third-order valence-electron chi connectivity index (χ3n) is 7.23. The summed E-state index contributed by atoms with van der Waals surface area (Å²) in [5, 5.41) is 5.15. The molecule has 0 unspecified atom stereocenters.